The Balaban J connectivity index is 2.15. The first kappa shape index (κ1) is 14.9. The van der Waals surface area contributed by atoms with Crippen molar-refractivity contribution < 1.29 is 18.3 Å². The molecule has 0 heterocycles. The molecule has 0 aliphatic rings. The lowest BCUT2D eigenvalue weighted by atomic mass is 10.1. The number of carbonyl (C=O) groups excluding carboxylic acids is 1. The maximum Gasteiger partial charge on any atom is 0.238 e. The number of ether oxygens (including phenoxy) is 1. The summed E-state index contributed by atoms with van der Waals surface area (Å²) in [5, 5.41) is 0. The van der Waals surface area contributed by atoms with Gasteiger partial charge < -0.3 is 4.74 Å². The van der Waals surface area contributed by atoms with Crippen LogP contribution in [0, 0.1) is 11.6 Å². The Kier molecular flexibility index (Phi) is 4.84. The number of carbonyl (C=O) groups is 1. The first-order valence-corrected chi connectivity index (χ1v) is 6.25. The SMILES string of the molecule is NNC(=O)Cc1ccccc1COc1c(F)cccc1F. The van der Waals surface area contributed by atoms with Gasteiger partial charge in [0.2, 0.25) is 5.91 Å². The molecule has 0 atom stereocenters. The van der Waals surface area contributed by atoms with Gasteiger partial charge in [-0.2, -0.15) is 0 Å². The molecule has 0 bridgehead atoms. The molecule has 2 aromatic rings. The smallest absolute Gasteiger partial charge is 0.238 e. The number of hydrogen-bond acceptors (Lipinski definition) is 3. The van der Waals surface area contributed by atoms with Crippen molar-refractivity contribution in [3.8, 4) is 5.75 Å². The molecule has 0 spiro atoms. The van der Waals surface area contributed by atoms with Gasteiger partial charge in [0.15, 0.2) is 17.4 Å². The minimum Gasteiger partial charge on any atom is -0.483 e. The van der Waals surface area contributed by atoms with Gasteiger partial charge in [0.1, 0.15) is 6.61 Å². The Morgan fingerprint density at radius 3 is 2.29 bits per heavy atom. The standard InChI is InChI=1S/C15H14F2N2O2/c16-12-6-3-7-13(17)15(12)21-9-11-5-2-1-4-10(11)8-14(20)19-18/h1-7H,8-9,18H2,(H,19,20). The van der Waals surface area contributed by atoms with Gasteiger partial charge in [-0.15, -0.1) is 0 Å². The van der Waals surface area contributed by atoms with Crippen molar-refractivity contribution in [2.75, 3.05) is 0 Å². The van der Waals surface area contributed by atoms with E-state index in [-0.39, 0.29) is 18.9 Å². The lowest BCUT2D eigenvalue weighted by Gasteiger charge is -2.11. The summed E-state index contributed by atoms with van der Waals surface area (Å²) in [5.74, 6) is 2.71. The number of nitrogens with two attached hydrogens (primary N) is 1. The lowest BCUT2D eigenvalue weighted by Crippen LogP contribution is -2.31. The van der Waals surface area contributed by atoms with Gasteiger partial charge >= 0.3 is 0 Å². The summed E-state index contributed by atoms with van der Waals surface area (Å²) in [6.45, 7) is -0.0497. The average Bonchev–Trinajstić information content (AvgIpc) is 2.48. The van der Waals surface area contributed by atoms with Crippen LogP contribution in [0.2, 0.25) is 0 Å². The number of benzene rings is 2. The number of nitrogens with one attached hydrogen (secondary N) is 1. The van der Waals surface area contributed by atoms with Crippen molar-refractivity contribution in [3.05, 3.63) is 65.2 Å². The number of halogens is 2. The highest BCUT2D eigenvalue weighted by molar-refractivity contribution is 5.78. The maximum absolute atomic E-state index is 13.5. The van der Waals surface area contributed by atoms with E-state index in [0.717, 1.165) is 12.1 Å². The summed E-state index contributed by atoms with van der Waals surface area (Å²) in [5.41, 5.74) is 3.37. The molecular formula is C15H14F2N2O2. The first-order valence-electron chi connectivity index (χ1n) is 6.25. The number of hydrazine groups is 1. The highest BCUT2D eigenvalue weighted by Gasteiger charge is 2.12. The molecule has 0 aromatic heterocycles. The molecule has 0 unspecified atom stereocenters. The van der Waals surface area contributed by atoms with Crippen LogP contribution in [0.5, 0.6) is 5.75 Å². The van der Waals surface area contributed by atoms with E-state index in [1.807, 2.05) is 5.43 Å². The van der Waals surface area contributed by atoms with Gasteiger partial charge in [-0.05, 0) is 23.3 Å². The van der Waals surface area contributed by atoms with Crippen LogP contribution in [0.3, 0.4) is 0 Å². The van der Waals surface area contributed by atoms with Crippen molar-refractivity contribution in [2.24, 2.45) is 5.84 Å². The lowest BCUT2D eigenvalue weighted by molar-refractivity contribution is -0.120. The van der Waals surface area contributed by atoms with Crippen molar-refractivity contribution in [1.82, 2.24) is 5.43 Å². The Morgan fingerprint density at radius 1 is 1.05 bits per heavy atom. The minimum absolute atomic E-state index is 0.0497. The zero-order valence-electron chi connectivity index (χ0n) is 11.1. The maximum atomic E-state index is 13.5. The van der Waals surface area contributed by atoms with Crippen LogP contribution in [0.4, 0.5) is 8.78 Å². The van der Waals surface area contributed by atoms with Crippen molar-refractivity contribution >= 4 is 5.91 Å². The molecular weight excluding hydrogens is 278 g/mol. The van der Waals surface area contributed by atoms with Crippen molar-refractivity contribution in [2.45, 2.75) is 13.0 Å². The summed E-state index contributed by atoms with van der Waals surface area (Å²) >= 11 is 0. The van der Waals surface area contributed by atoms with Gasteiger partial charge in [-0.1, -0.05) is 30.3 Å². The summed E-state index contributed by atoms with van der Waals surface area (Å²) in [4.78, 5) is 11.3. The molecule has 0 saturated carbocycles. The number of amides is 1. The summed E-state index contributed by atoms with van der Waals surface area (Å²) in [6.07, 6.45) is 0.0653. The summed E-state index contributed by atoms with van der Waals surface area (Å²) in [6, 6.07) is 10.4. The molecule has 1 amide bonds. The van der Waals surface area contributed by atoms with Crippen LogP contribution < -0.4 is 16.0 Å². The number of hydrogen-bond donors (Lipinski definition) is 2. The Morgan fingerprint density at radius 2 is 1.67 bits per heavy atom. The molecule has 4 nitrogen and oxygen atoms in total. The van der Waals surface area contributed by atoms with E-state index in [4.69, 9.17) is 10.6 Å². The second-order valence-corrected chi connectivity index (χ2v) is 4.35. The first-order chi connectivity index (χ1) is 10.1. The van der Waals surface area contributed by atoms with E-state index in [2.05, 4.69) is 0 Å². The van der Waals surface area contributed by atoms with E-state index < -0.39 is 17.4 Å². The van der Waals surface area contributed by atoms with Crippen molar-refractivity contribution in [1.29, 1.82) is 0 Å². The van der Waals surface area contributed by atoms with Crippen LogP contribution in [-0.4, -0.2) is 5.91 Å². The van der Waals surface area contributed by atoms with Gasteiger partial charge in [0.25, 0.3) is 0 Å². The molecule has 0 aliphatic carbocycles. The van der Waals surface area contributed by atoms with Crippen molar-refractivity contribution in [3.63, 3.8) is 0 Å². The fourth-order valence-electron chi connectivity index (χ4n) is 1.87. The Labute approximate surface area is 120 Å². The average molecular weight is 292 g/mol. The van der Waals surface area contributed by atoms with Crippen LogP contribution in [0.25, 0.3) is 0 Å². The molecule has 0 saturated heterocycles. The molecule has 3 N–H and O–H groups in total. The third-order valence-corrected chi connectivity index (χ3v) is 2.92. The van der Waals surface area contributed by atoms with E-state index in [0.29, 0.717) is 11.1 Å². The molecule has 21 heavy (non-hydrogen) atoms. The molecule has 2 aromatic carbocycles. The quantitative estimate of drug-likeness (QED) is 0.504. The zero-order valence-corrected chi connectivity index (χ0v) is 11.1. The zero-order chi connectivity index (χ0) is 15.2. The minimum atomic E-state index is -0.771. The van der Waals surface area contributed by atoms with Gasteiger partial charge in [0, 0.05) is 0 Å². The molecule has 2 rings (SSSR count). The van der Waals surface area contributed by atoms with E-state index in [1.165, 1.54) is 6.07 Å². The number of rotatable bonds is 5. The van der Waals surface area contributed by atoms with Crippen LogP contribution in [0.15, 0.2) is 42.5 Å². The fraction of sp³-hybridized carbons (Fsp3) is 0.133. The van der Waals surface area contributed by atoms with Gasteiger partial charge in [-0.3, -0.25) is 10.2 Å². The fourth-order valence-corrected chi connectivity index (χ4v) is 1.87. The number of para-hydroxylation sites is 1. The second kappa shape index (κ2) is 6.81. The summed E-state index contributed by atoms with van der Waals surface area (Å²) < 4.78 is 32.1. The third kappa shape index (κ3) is 3.76. The van der Waals surface area contributed by atoms with Gasteiger partial charge in [0.05, 0.1) is 6.42 Å². The molecule has 6 heteroatoms. The molecule has 0 fully saturated rings. The van der Waals surface area contributed by atoms with E-state index >= 15 is 0 Å². The van der Waals surface area contributed by atoms with Gasteiger partial charge in [-0.25, -0.2) is 14.6 Å². The van der Waals surface area contributed by atoms with E-state index in [9.17, 15) is 13.6 Å². The normalized spacial score (nSPS) is 10.2. The molecule has 0 radical (unpaired) electrons. The highest BCUT2D eigenvalue weighted by atomic mass is 19.1. The topological polar surface area (TPSA) is 64.3 Å². The predicted octanol–water partition coefficient (Wildman–Crippen LogP) is 2.08. The van der Waals surface area contributed by atoms with Crippen LogP contribution in [-0.2, 0) is 17.8 Å². The van der Waals surface area contributed by atoms with Crippen LogP contribution >= 0.6 is 0 Å². The molecule has 110 valence electrons. The summed E-state index contributed by atoms with van der Waals surface area (Å²) in [7, 11) is 0. The van der Waals surface area contributed by atoms with E-state index in [1.54, 1.807) is 24.3 Å². The largest absolute Gasteiger partial charge is 0.483 e. The Hall–Kier alpha value is -2.47. The Bertz CT molecular complexity index is 627. The predicted molar refractivity (Wildman–Crippen MR) is 73.2 cm³/mol. The highest BCUT2D eigenvalue weighted by Crippen LogP contribution is 2.22. The molecule has 0 aliphatic heterocycles. The monoisotopic (exact) mass is 292 g/mol. The second-order valence-electron chi connectivity index (χ2n) is 4.35. The third-order valence-electron chi connectivity index (χ3n) is 2.92. The van der Waals surface area contributed by atoms with Crippen LogP contribution in [0.1, 0.15) is 11.1 Å².